The zero-order valence-electron chi connectivity index (χ0n) is 37.8. The lowest BCUT2D eigenvalue weighted by Gasteiger charge is -2.13. The summed E-state index contributed by atoms with van der Waals surface area (Å²) in [4.78, 5) is 36.1. The van der Waals surface area contributed by atoms with Gasteiger partial charge in [-0.05, 0) is 48.0 Å². The molecule has 10 heteroatoms. The molecule has 14 aromatic rings. The van der Waals surface area contributed by atoms with E-state index in [2.05, 4.69) is 75.9 Å². The van der Waals surface area contributed by atoms with Gasteiger partial charge >= 0.3 is 0 Å². The monoisotopic (exact) mass is 911 g/mol. The quantitative estimate of drug-likeness (QED) is 0.148. The predicted octanol–water partition coefficient (Wildman–Crippen LogP) is 14.4. The van der Waals surface area contributed by atoms with E-state index in [1.54, 1.807) is 0 Å². The summed E-state index contributed by atoms with van der Waals surface area (Å²) in [6, 6.07) is 75.9. The highest BCUT2D eigenvalue weighted by Gasteiger charge is 2.25. The number of rotatable bonds is 8. The molecule has 0 aliphatic heterocycles. The number of benzene rings is 9. The fourth-order valence-electron chi connectivity index (χ4n) is 9.82. The maximum absolute atomic E-state index is 6.82. The molecule has 0 unspecified atom stereocenters. The number of fused-ring (bicyclic) bond motifs is 8. The highest BCUT2D eigenvalue weighted by Crippen LogP contribution is 2.43. The van der Waals surface area contributed by atoms with Crippen LogP contribution in [0.2, 0.25) is 0 Å². The Hall–Kier alpha value is -9.93. The minimum atomic E-state index is 0.455. The van der Waals surface area contributed by atoms with Crippen LogP contribution in [0.5, 0.6) is 0 Å². The van der Waals surface area contributed by atoms with Crippen LogP contribution in [0, 0.1) is 0 Å². The van der Waals surface area contributed by atoms with Crippen LogP contribution in [0.3, 0.4) is 0 Å². The second-order valence-corrected chi connectivity index (χ2v) is 17.3. The highest BCUT2D eigenvalue weighted by molar-refractivity contribution is 6.19. The minimum absolute atomic E-state index is 0.455. The molecular formula is C61H37N9O. The van der Waals surface area contributed by atoms with Crippen LogP contribution >= 0.6 is 0 Å². The first kappa shape index (κ1) is 40.2. The van der Waals surface area contributed by atoms with E-state index in [1.807, 2.05) is 158 Å². The van der Waals surface area contributed by atoms with Crippen LogP contribution in [0.1, 0.15) is 0 Å². The number of aromatic nitrogens is 9. The maximum Gasteiger partial charge on any atom is 0.238 e. The Labute approximate surface area is 405 Å². The summed E-state index contributed by atoms with van der Waals surface area (Å²) in [6.07, 6.45) is 0. The van der Waals surface area contributed by atoms with E-state index in [-0.39, 0.29) is 0 Å². The van der Waals surface area contributed by atoms with Gasteiger partial charge < -0.3 is 4.42 Å². The summed E-state index contributed by atoms with van der Waals surface area (Å²) in [5, 5.41) is 4.10. The normalized spacial score (nSPS) is 11.7. The number of nitrogens with zero attached hydrogens (tertiary/aromatic N) is 9. The van der Waals surface area contributed by atoms with Gasteiger partial charge in [-0.1, -0.05) is 182 Å². The zero-order valence-corrected chi connectivity index (χ0v) is 37.8. The molecule has 10 nitrogen and oxygen atoms in total. The Kier molecular flexibility index (Phi) is 9.27. The molecule has 0 aliphatic rings. The number of hydrogen-bond donors (Lipinski definition) is 0. The molecule has 0 aliphatic carbocycles. The molecule has 0 saturated carbocycles. The van der Waals surface area contributed by atoms with Crippen molar-refractivity contribution in [2.24, 2.45) is 0 Å². The van der Waals surface area contributed by atoms with E-state index in [1.165, 1.54) is 0 Å². The third kappa shape index (κ3) is 6.76. The molecule has 9 aromatic carbocycles. The summed E-state index contributed by atoms with van der Waals surface area (Å²) in [5.74, 6) is 3.79. The number of para-hydroxylation sites is 2. The Morgan fingerprint density at radius 3 is 1.30 bits per heavy atom. The molecule has 0 saturated heterocycles. The van der Waals surface area contributed by atoms with Gasteiger partial charge in [-0.3, -0.25) is 9.13 Å². The van der Waals surface area contributed by atoms with E-state index in [0.717, 1.165) is 88.1 Å². The van der Waals surface area contributed by atoms with E-state index in [0.29, 0.717) is 46.7 Å². The molecule has 5 heterocycles. The van der Waals surface area contributed by atoms with Crippen molar-refractivity contribution in [3.05, 3.63) is 224 Å². The van der Waals surface area contributed by atoms with Crippen molar-refractivity contribution in [1.82, 2.24) is 44.0 Å². The van der Waals surface area contributed by atoms with Gasteiger partial charge in [-0.2, -0.15) is 19.9 Å². The number of hydrogen-bond acceptors (Lipinski definition) is 8. The highest BCUT2D eigenvalue weighted by atomic mass is 16.3. The third-order valence-electron chi connectivity index (χ3n) is 13.1. The van der Waals surface area contributed by atoms with E-state index in [4.69, 9.17) is 39.3 Å². The topological polar surface area (TPSA) is 113 Å². The molecule has 0 fully saturated rings. The van der Waals surface area contributed by atoms with E-state index >= 15 is 0 Å². The van der Waals surface area contributed by atoms with Crippen LogP contribution in [0.4, 0.5) is 0 Å². The van der Waals surface area contributed by atoms with Crippen molar-refractivity contribution >= 4 is 54.7 Å². The first-order valence-corrected chi connectivity index (χ1v) is 23.4. The molecule has 0 radical (unpaired) electrons. The van der Waals surface area contributed by atoms with Crippen LogP contribution in [-0.2, 0) is 0 Å². The largest absolute Gasteiger partial charge is 0.434 e. The average Bonchev–Trinajstić information content (AvgIpc) is 4.15. The first-order chi connectivity index (χ1) is 35.2. The van der Waals surface area contributed by atoms with Gasteiger partial charge in [-0.15, -0.1) is 0 Å². The van der Waals surface area contributed by atoms with Gasteiger partial charge in [0, 0.05) is 54.9 Å². The lowest BCUT2D eigenvalue weighted by Crippen LogP contribution is -2.07. The van der Waals surface area contributed by atoms with Crippen molar-refractivity contribution < 1.29 is 4.42 Å². The SMILES string of the molecule is c1ccc(-c2nc(-c3ccccc3)nc(-n3c4ccccc4c4cccc(-c5ccc6c(c5)c5ccc7nc(-c8ccccc8)oc7c5n6-c5nc(-c6ccccc6)nc(-c6ccccc6)n5)c43)n2)cc1. The summed E-state index contributed by atoms with van der Waals surface area (Å²) in [5.41, 5.74) is 11.4. The van der Waals surface area contributed by atoms with Crippen molar-refractivity contribution in [2.75, 3.05) is 0 Å². The molecular weight excluding hydrogens is 875 g/mol. The molecule has 0 N–H and O–H groups in total. The molecule has 5 aromatic heterocycles. The summed E-state index contributed by atoms with van der Waals surface area (Å²) in [7, 11) is 0. The zero-order chi connectivity index (χ0) is 46.8. The van der Waals surface area contributed by atoms with Crippen molar-refractivity contribution in [3.63, 3.8) is 0 Å². The van der Waals surface area contributed by atoms with Crippen LogP contribution in [0.25, 0.3) is 135 Å². The van der Waals surface area contributed by atoms with E-state index in [9.17, 15) is 0 Å². The van der Waals surface area contributed by atoms with Crippen molar-refractivity contribution in [1.29, 1.82) is 0 Å². The van der Waals surface area contributed by atoms with Crippen LogP contribution < -0.4 is 0 Å². The lowest BCUT2D eigenvalue weighted by molar-refractivity contribution is 0.621. The van der Waals surface area contributed by atoms with Gasteiger partial charge in [0.1, 0.15) is 11.0 Å². The number of oxazole rings is 1. The fourth-order valence-corrected chi connectivity index (χ4v) is 9.82. The van der Waals surface area contributed by atoms with E-state index < -0.39 is 0 Å². The van der Waals surface area contributed by atoms with Crippen molar-refractivity contribution in [2.45, 2.75) is 0 Å². The molecule has 0 atom stereocenters. The molecule has 332 valence electrons. The molecule has 0 spiro atoms. The Balaban J connectivity index is 1.04. The summed E-state index contributed by atoms with van der Waals surface area (Å²) >= 11 is 0. The average molecular weight is 912 g/mol. The Morgan fingerprint density at radius 1 is 0.296 bits per heavy atom. The standard InChI is InChI=1S/C61H37N9O/c1-6-19-38(20-7-1)55-63-56(39-21-8-2-9-22-39)66-60(65-55)69-50-32-17-16-29-45(50)46-31-18-30-44(52(46)69)43-33-36-51-48(37-43)47-34-35-49-54(71-59(62-49)42-27-14-5-15-28-42)53(47)70(51)61-67-57(40-23-10-3-11-24-40)64-58(68-61)41-25-12-4-13-26-41/h1-37H. The fraction of sp³-hybridized carbons (Fsp3) is 0. The third-order valence-corrected chi connectivity index (χ3v) is 13.1. The minimum Gasteiger partial charge on any atom is -0.434 e. The van der Waals surface area contributed by atoms with Crippen molar-refractivity contribution in [3.8, 4) is 80.0 Å². The van der Waals surface area contributed by atoms with Crippen LogP contribution in [0.15, 0.2) is 229 Å². The smallest absolute Gasteiger partial charge is 0.238 e. The van der Waals surface area contributed by atoms with Gasteiger partial charge in [0.05, 0.1) is 16.6 Å². The van der Waals surface area contributed by atoms with Gasteiger partial charge in [0.2, 0.25) is 17.8 Å². The second kappa shape index (κ2) is 16.4. The van der Waals surface area contributed by atoms with Gasteiger partial charge in [-0.25, -0.2) is 15.0 Å². The summed E-state index contributed by atoms with van der Waals surface area (Å²) < 4.78 is 11.1. The molecule has 71 heavy (non-hydrogen) atoms. The summed E-state index contributed by atoms with van der Waals surface area (Å²) in [6.45, 7) is 0. The lowest BCUT2D eigenvalue weighted by atomic mass is 10.00. The van der Waals surface area contributed by atoms with Gasteiger partial charge in [0.25, 0.3) is 0 Å². The van der Waals surface area contributed by atoms with Gasteiger partial charge in [0.15, 0.2) is 28.9 Å². The molecule has 0 bridgehead atoms. The maximum atomic E-state index is 6.82. The van der Waals surface area contributed by atoms with Crippen LogP contribution in [-0.4, -0.2) is 44.0 Å². The first-order valence-electron chi connectivity index (χ1n) is 23.4. The second-order valence-electron chi connectivity index (χ2n) is 17.3. The predicted molar refractivity (Wildman–Crippen MR) is 282 cm³/mol. The molecule has 0 amide bonds. The molecule has 14 rings (SSSR count). The Bertz CT molecular complexity index is 4210. The Morgan fingerprint density at radius 2 is 0.746 bits per heavy atom.